The summed E-state index contributed by atoms with van der Waals surface area (Å²) in [5, 5.41) is 21.5. The quantitative estimate of drug-likeness (QED) is 0.766. The number of fused-ring (bicyclic) bond motifs is 2. The number of H-pyrrole nitrogens is 1. The first-order valence-electron chi connectivity index (χ1n) is 9.75. The lowest BCUT2D eigenvalue weighted by atomic mass is 9.55. The molecule has 0 unspecified atom stereocenters. The van der Waals surface area contributed by atoms with Gasteiger partial charge in [-0.1, -0.05) is 0 Å². The van der Waals surface area contributed by atoms with Gasteiger partial charge in [0.05, 0.1) is 5.60 Å². The predicted octanol–water partition coefficient (Wildman–Crippen LogP) is 2.56. The van der Waals surface area contributed by atoms with Gasteiger partial charge >= 0.3 is 0 Å². The van der Waals surface area contributed by atoms with Crippen LogP contribution in [0.2, 0.25) is 0 Å². The maximum atomic E-state index is 10.7. The molecule has 7 rings (SSSR count). The third-order valence-electron chi connectivity index (χ3n) is 6.84. The highest BCUT2D eigenvalue weighted by molar-refractivity contribution is 5.54. The van der Waals surface area contributed by atoms with E-state index in [1.807, 2.05) is 6.07 Å². The first kappa shape index (κ1) is 15.0. The van der Waals surface area contributed by atoms with Gasteiger partial charge in [-0.05, 0) is 50.5 Å². The van der Waals surface area contributed by atoms with Crippen molar-refractivity contribution in [2.75, 3.05) is 23.3 Å². The summed E-state index contributed by atoms with van der Waals surface area (Å²) in [6.07, 6.45) is 8.55. The highest BCUT2D eigenvalue weighted by Gasteiger charge is 2.66. The Morgan fingerprint density at radius 1 is 1.23 bits per heavy atom. The summed E-state index contributed by atoms with van der Waals surface area (Å²) >= 11 is 0. The number of rotatable bonds is 5. The van der Waals surface area contributed by atoms with Crippen LogP contribution in [0, 0.1) is 11.3 Å². The summed E-state index contributed by atoms with van der Waals surface area (Å²) in [6, 6.07) is 3.96. The van der Waals surface area contributed by atoms with E-state index >= 15 is 0 Å². The molecule has 3 saturated carbocycles. The predicted molar refractivity (Wildman–Crippen MR) is 97.4 cm³/mol. The van der Waals surface area contributed by atoms with Gasteiger partial charge in [0.15, 0.2) is 5.82 Å². The third-order valence-corrected chi connectivity index (χ3v) is 6.84. The molecule has 2 aliphatic heterocycles. The molecule has 7 heteroatoms. The van der Waals surface area contributed by atoms with Gasteiger partial charge < -0.3 is 15.3 Å². The van der Waals surface area contributed by atoms with Crippen LogP contribution >= 0.6 is 0 Å². The standard InChI is InChI=1S/C19H24N6O/c26-19(4-5-19)18-8-12(9-18)10-25(11-18)17-20-6-3-15(22-17)21-16-7-14(23-24-16)13-1-2-13/h3,6-7,12-13,26H,1-2,4-5,8-11H2,(H2,20,21,22,23,24). The van der Waals surface area contributed by atoms with Crippen molar-refractivity contribution >= 4 is 17.6 Å². The highest BCUT2D eigenvalue weighted by Crippen LogP contribution is 2.64. The van der Waals surface area contributed by atoms with Crippen LogP contribution in [0.5, 0.6) is 0 Å². The molecule has 2 bridgehead atoms. The number of piperidine rings is 2. The minimum atomic E-state index is -0.424. The van der Waals surface area contributed by atoms with Gasteiger partial charge in [-0.3, -0.25) is 5.10 Å². The topological polar surface area (TPSA) is 90.0 Å². The molecule has 136 valence electrons. The first-order chi connectivity index (χ1) is 12.6. The second-order valence-electron chi connectivity index (χ2n) is 8.82. The second-order valence-corrected chi connectivity index (χ2v) is 8.82. The van der Waals surface area contributed by atoms with Crippen molar-refractivity contribution < 1.29 is 5.11 Å². The summed E-state index contributed by atoms with van der Waals surface area (Å²) in [6.45, 7) is 1.87. The fourth-order valence-corrected chi connectivity index (χ4v) is 5.08. The molecule has 5 aliphatic rings. The molecule has 2 aromatic rings. The van der Waals surface area contributed by atoms with E-state index in [2.05, 4.69) is 31.5 Å². The van der Waals surface area contributed by atoms with Gasteiger partial charge in [-0.25, -0.2) is 4.98 Å². The van der Waals surface area contributed by atoms with Gasteiger partial charge in [0.2, 0.25) is 5.95 Å². The molecule has 0 amide bonds. The van der Waals surface area contributed by atoms with Crippen LogP contribution in [0.3, 0.4) is 0 Å². The van der Waals surface area contributed by atoms with Crippen LogP contribution in [0.25, 0.3) is 0 Å². The molecular weight excluding hydrogens is 328 g/mol. The Morgan fingerprint density at radius 2 is 2.08 bits per heavy atom. The average molecular weight is 352 g/mol. The minimum absolute atomic E-state index is 0.0735. The summed E-state index contributed by atoms with van der Waals surface area (Å²) in [5.74, 6) is 3.65. The SMILES string of the molecule is OC1(C23CC(CN(c4nccc(Nc5cc(C6CC6)[nH]n5)n4)C2)C3)CC1. The van der Waals surface area contributed by atoms with Gasteiger partial charge in [0.25, 0.3) is 0 Å². The number of aromatic nitrogens is 4. The maximum absolute atomic E-state index is 10.7. The van der Waals surface area contributed by atoms with Crippen LogP contribution < -0.4 is 10.2 Å². The Kier molecular flexibility index (Phi) is 2.86. The lowest BCUT2D eigenvalue weighted by Gasteiger charge is -2.59. The zero-order chi connectivity index (χ0) is 17.4. The van der Waals surface area contributed by atoms with E-state index in [9.17, 15) is 5.11 Å². The van der Waals surface area contributed by atoms with Crippen molar-refractivity contribution in [1.82, 2.24) is 20.2 Å². The molecule has 2 saturated heterocycles. The van der Waals surface area contributed by atoms with E-state index < -0.39 is 5.60 Å². The van der Waals surface area contributed by atoms with Crippen LogP contribution in [0.4, 0.5) is 17.6 Å². The summed E-state index contributed by atoms with van der Waals surface area (Å²) in [4.78, 5) is 11.5. The lowest BCUT2D eigenvalue weighted by Crippen LogP contribution is -2.62. The van der Waals surface area contributed by atoms with E-state index in [-0.39, 0.29) is 5.41 Å². The highest BCUT2D eigenvalue weighted by atomic mass is 16.3. The Labute approximate surface area is 152 Å². The minimum Gasteiger partial charge on any atom is -0.389 e. The maximum Gasteiger partial charge on any atom is 0.227 e. The molecule has 26 heavy (non-hydrogen) atoms. The summed E-state index contributed by atoms with van der Waals surface area (Å²) < 4.78 is 0. The van der Waals surface area contributed by atoms with Gasteiger partial charge in [-0.15, -0.1) is 0 Å². The average Bonchev–Trinajstić information content (AvgIpc) is 3.56. The van der Waals surface area contributed by atoms with Gasteiger partial charge in [0.1, 0.15) is 5.82 Å². The Bertz CT molecular complexity index is 849. The number of hydrogen-bond acceptors (Lipinski definition) is 6. The summed E-state index contributed by atoms with van der Waals surface area (Å²) in [5.41, 5.74) is 0.855. The molecule has 0 atom stereocenters. The molecule has 0 spiro atoms. The fourth-order valence-electron chi connectivity index (χ4n) is 5.08. The van der Waals surface area contributed by atoms with E-state index in [0.717, 1.165) is 56.4 Å². The zero-order valence-corrected chi connectivity index (χ0v) is 14.8. The van der Waals surface area contributed by atoms with Crippen LogP contribution in [-0.2, 0) is 0 Å². The molecule has 7 nitrogen and oxygen atoms in total. The molecule has 2 aromatic heterocycles. The Hall–Kier alpha value is -2.15. The van der Waals surface area contributed by atoms with Crippen molar-refractivity contribution in [2.45, 2.75) is 50.0 Å². The lowest BCUT2D eigenvalue weighted by molar-refractivity contribution is -0.0986. The van der Waals surface area contributed by atoms with E-state index in [4.69, 9.17) is 4.98 Å². The number of aromatic amines is 1. The largest absolute Gasteiger partial charge is 0.389 e. The number of aliphatic hydroxyl groups is 1. The van der Waals surface area contributed by atoms with Crippen LogP contribution in [0.15, 0.2) is 18.3 Å². The van der Waals surface area contributed by atoms with Crippen LogP contribution in [0.1, 0.15) is 50.1 Å². The number of hydrogen-bond donors (Lipinski definition) is 3. The van der Waals surface area contributed by atoms with Crippen molar-refractivity contribution in [1.29, 1.82) is 0 Å². The molecule has 3 aliphatic carbocycles. The Morgan fingerprint density at radius 3 is 2.85 bits per heavy atom. The van der Waals surface area contributed by atoms with Gasteiger partial charge in [0, 0.05) is 42.4 Å². The molecule has 0 aromatic carbocycles. The number of anilines is 3. The van der Waals surface area contributed by atoms with Crippen molar-refractivity contribution in [2.24, 2.45) is 11.3 Å². The second kappa shape index (κ2) is 4.97. The van der Waals surface area contributed by atoms with Crippen molar-refractivity contribution in [3.05, 3.63) is 24.0 Å². The molecule has 4 heterocycles. The first-order valence-corrected chi connectivity index (χ1v) is 9.75. The zero-order valence-electron chi connectivity index (χ0n) is 14.8. The smallest absolute Gasteiger partial charge is 0.227 e. The number of nitrogens with zero attached hydrogens (tertiary/aromatic N) is 4. The Balaban J connectivity index is 1.21. The van der Waals surface area contributed by atoms with Crippen molar-refractivity contribution in [3.63, 3.8) is 0 Å². The normalized spacial score (nSPS) is 31.4. The molecule has 5 fully saturated rings. The van der Waals surface area contributed by atoms with E-state index in [0.29, 0.717) is 11.8 Å². The van der Waals surface area contributed by atoms with Gasteiger partial charge in [-0.2, -0.15) is 10.1 Å². The third kappa shape index (κ3) is 2.26. The van der Waals surface area contributed by atoms with E-state index in [1.54, 1.807) is 6.20 Å². The summed E-state index contributed by atoms with van der Waals surface area (Å²) in [7, 11) is 0. The van der Waals surface area contributed by atoms with E-state index in [1.165, 1.54) is 18.5 Å². The molecule has 3 N–H and O–H groups in total. The fraction of sp³-hybridized carbons (Fsp3) is 0.632. The van der Waals surface area contributed by atoms with Crippen molar-refractivity contribution in [3.8, 4) is 0 Å². The number of nitrogens with one attached hydrogen (secondary N) is 2. The molecule has 0 radical (unpaired) electrons. The van der Waals surface area contributed by atoms with Crippen LogP contribution in [-0.4, -0.2) is 44.0 Å². The molecular formula is C19H24N6O. The monoisotopic (exact) mass is 352 g/mol.